The molecule has 1 N–H and O–H groups in total. The van der Waals surface area contributed by atoms with E-state index in [4.69, 9.17) is 4.74 Å². The lowest BCUT2D eigenvalue weighted by Gasteiger charge is -2.38. The first-order valence-electron chi connectivity index (χ1n) is 9.40. The molecule has 1 heterocycles. The van der Waals surface area contributed by atoms with Gasteiger partial charge in [-0.3, -0.25) is 0 Å². The highest BCUT2D eigenvalue weighted by atomic mass is 16.6. The molecule has 1 aliphatic heterocycles. The van der Waals surface area contributed by atoms with E-state index in [-0.39, 0.29) is 0 Å². The van der Waals surface area contributed by atoms with Crippen molar-refractivity contribution in [2.75, 3.05) is 26.2 Å². The summed E-state index contributed by atoms with van der Waals surface area (Å²) >= 11 is 0. The Labute approximate surface area is 161 Å². The SMILES string of the molecule is CC(C)(C)OC(=O)NCCCN1CCC(C#N)(c2ccccc2C#N)CC1. The number of rotatable bonds is 5. The average Bonchev–Trinajstić information content (AvgIpc) is 2.64. The second-order valence-corrected chi connectivity index (χ2v) is 7.98. The second kappa shape index (κ2) is 8.88. The van der Waals surface area contributed by atoms with E-state index in [1.165, 1.54) is 0 Å². The number of carbonyl (C=O) groups excluding carboxylic acids is 1. The highest BCUT2D eigenvalue weighted by Gasteiger charge is 2.37. The standard InChI is InChI=1S/C21H28N4O2/c1-20(2,3)27-19(26)24-11-6-12-25-13-9-21(16-23,10-14-25)18-8-5-4-7-17(18)15-22/h4-5,7-8H,6,9-14H2,1-3H3,(H,24,26). The van der Waals surface area contributed by atoms with Crippen molar-refractivity contribution in [3.8, 4) is 12.1 Å². The van der Waals surface area contributed by atoms with E-state index in [1.807, 2.05) is 39.0 Å². The normalized spacial score (nSPS) is 16.8. The molecule has 0 bridgehead atoms. The average molecular weight is 368 g/mol. The van der Waals surface area contributed by atoms with Crippen LogP contribution in [-0.2, 0) is 10.2 Å². The van der Waals surface area contributed by atoms with Crippen molar-refractivity contribution in [1.29, 1.82) is 10.5 Å². The fourth-order valence-corrected chi connectivity index (χ4v) is 3.40. The number of hydrogen-bond donors (Lipinski definition) is 1. The largest absolute Gasteiger partial charge is 0.444 e. The highest BCUT2D eigenvalue weighted by molar-refractivity contribution is 5.67. The Bertz CT molecular complexity index is 732. The molecule has 0 unspecified atom stereocenters. The van der Waals surface area contributed by atoms with E-state index in [2.05, 4.69) is 22.4 Å². The molecule has 1 aromatic rings. The molecule has 144 valence electrons. The maximum atomic E-state index is 11.6. The summed E-state index contributed by atoms with van der Waals surface area (Å²) in [6, 6.07) is 12.1. The lowest BCUT2D eigenvalue weighted by molar-refractivity contribution is 0.0525. The van der Waals surface area contributed by atoms with Crippen LogP contribution in [0.1, 0.15) is 51.2 Å². The number of nitrogens with one attached hydrogen (secondary N) is 1. The van der Waals surface area contributed by atoms with Gasteiger partial charge < -0.3 is 15.0 Å². The van der Waals surface area contributed by atoms with Crippen LogP contribution in [0, 0.1) is 22.7 Å². The predicted molar refractivity (Wildman–Crippen MR) is 103 cm³/mol. The summed E-state index contributed by atoms with van der Waals surface area (Å²) in [5.74, 6) is 0. The third-order valence-electron chi connectivity index (χ3n) is 4.81. The zero-order chi connectivity index (χ0) is 19.9. The van der Waals surface area contributed by atoms with Gasteiger partial charge in [-0.1, -0.05) is 18.2 Å². The first kappa shape index (κ1) is 20.7. The minimum atomic E-state index is -0.586. The molecular weight excluding hydrogens is 340 g/mol. The van der Waals surface area contributed by atoms with E-state index in [0.29, 0.717) is 24.9 Å². The quantitative estimate of drug-likeness (QED) is 0.805. The lowest BCUT2D eigenvalue weighted by atomic mass is 9.72. The molecule has 6 nitrogen and oxygen atoms in total. The van der Waals surface area contributed by atoms with Gasteiger partial charge >= 0.3 is 6.09 Å². The molecule has 2 rings (SSSR count). The maximum Gasteiger partial charge on any atom is 0.407 e. The maximum absolute atomic E-state index is 11.6. The number of piperidine rings is 1. The van der Waals surface area contributed by atoms with Gasteiger partial charge in [0.25, 0.3) is 0 Å². The molecule has 6 heteroatoms. The van der Waals surface area contributed by atoms with E-state index in [9.17, 15) is 15.3 Å². The van der Waals surface area contributed by atoms with Crippen LogP contribution in [0.25, 0.3) is 0 Å². The lowest BCUT2D eigenvalue weighted by Crippen LogP contribution is -2.43. The third-order valence-corrected chi connectivity index (χ3v) is 4.81. The van der Waals surface area contributed by atoms with Crippen molar-refractivity contribution in [3.63, 3.8) is 0 Å². The number of likely N-dealkylation sites (tertiary alicyclic amines) is 1. The van der Waals surface area contributed by atoms with E-state index in [1.54, 1.807) is 6.07 Å². The molecule has 1 amide bonds. The fourth-order valence-electron chi connectivity index (χ4n) is 3.40. The van der Waals surface area contributed by atoms with E-state index >= 15 is 0 Å². The van der Waals surface area contributed by atoms with Crippen LogP contribution < -0.4 is 5.32 Å². The molecular formula is C21H28N4O2. The minimum absolute atomic E-state index is 0.391. The van der Waals surface area contributed by atoms with Crippen LogP contribution in [0.5, 0.6) is 0 Å². The molecule has 1 saturated heterocycles. The number of carbonyl (C=O) groups is 1. The Kier molecular flexibility index (Phi) is 6.82. The van der Waals surface area contributed by atoms with Gasteiger partial charge in [-0.05, 0) is 71.3 Å². The van der Waals surface area contributed by atoms with Crippen LogP contribution in [0.2, 0.25) is 0 Å². The Hall–Kier alpha value is -2.57. The van der Waals surface area contributed by atoms with E-state index < -0.39 is 17.1 Å². The van der Waals surface area contributed by atoms with Crippen LogP contribution in [0.15, 0.2) is 24.3 Å². The van der Waals surface area contributed by atoms with Crippen LogP contribution >= 0.6 is 0 Å². The van der Waals surface area contributed by atoms with Crippen LogP contribution in [0.3, 0.4) is 0 Å². The van der Waals surface area contributed by atoms with Crippen molar-refractivity contribution in [1.82, 2.24) is 10.2 Å². The van der Waals surface area contributed by atoms with Crippen LogP contribution in [0.4, 0.5) is 4.79 Å². The van der Waals surface area contributed by atoms with Gasteiger partial charge in [0.15, 0.2) is 0 Å². The number of ether oxygens (including phenoxy) is 1. The number of hydrogen-bond acceptors (Lipinski definition) is 5. The van der Waals surface area contributed by atoms with Crippen molar-refractivity contribution >= 4 is 6.09 Å². The summed E-state index contributed by atoms with van der Waals surface area (Å²) in [5, 5.41) is 22.0. The van der Waals surface area contributed by atoms with Gasteiger partial charge in [0.2, 0.25) is 0 Å². The van der Waals surface area contributed by atoms with Gasteiger partial charge in [0.05, 0.1) is 23.1 Å². The minimum Gasteiger partial charge on any atom is -0.444 e. The molecule has 0 aromatic heterocycles. The molecule has 0 atom stereocenters. The summed E-state index contributed by atoms with van der Waals surface area (Å²) < 4.78 is 5.22. The van der Waals surface area contributed by atoms with Gasteiger partial charge in [-0.2, -0.15) is 10.5 Å². The summed E-state index contributed by atoms with van der Waals surface area (Å²) in [4.78, 5) is 13.9. The van der Waals surface area contributed by atoms with Gasteiger partial charge in [0, 0.05) is 6.54 Å². The zero-order valence-corrected chi connectivity index (χ0v) is 16.4. The Morgan fingerprint density at radius 1 is 1.26 bits per heavy atom. The predicted octanol–water partition coefficient (Wildman–Crippen LogP) is 3.33. The molecule has 1 aliphatic rings. The van der Waals surface area contributed by atoms with Crippen molar-refractivity contribution in [2.24, 2.45) is 0 Å². The van der Waals surface area contributed by atoms with Crippen LogP contribution in [-0.4, -0.2) is 42.8 Å². The number of benzene rings is 1. The van der Waals surface area contributed by atoms with Gasteiger partial charge in [-0.15, -0.1) is 0 Å². The smallest absolute Gasteiger partial charge is 0.407 e. The van der Waals surface area contributed by atoms with Crippen molar-refractivity contribution in [3.05, 3.63) is 35.4 Å². The Morgan fingerprint density at radius 2 is 1.93 bits per heavy atom. The first-order chi connectivity index (χ1) is 12.8. The Balaban J connectivity index is 1.82. The molecule has 1 aromatic carbocycles. The number of amides is 1. The second-order valence-electron chi connectivity index (χ2n) is 7.98. The molecule has 1 fully saturated rings. The summed E-state index contributed by atoms with van der Waals surface area (Å²) in [7, 11) is 0. The molecule has 0 radical (unpaired) electrons. The van der Waals surface area contributed by atoms with Crippen molar-refractivity contribution in [2.45, 2.75) is 51.0 Å². The van der Waals surface area contributed by atoms with Gasteiger partial charge in [-0.25, -0.2) is 4.79 Å². The molecule has 0 aliphatic carbocycles. The van der Waals surface area contributed by atoms with E-state index in [0.717, 1.165) is 31.6 Å². The third kappa shape index (κ3) is 5.70. The molecule has 27 heavy (non-hydrogen) atoms. The number of nitrogens with zero attached hydrogens (tertiary/aromatic N) is 3. The Morgan fingerprint density at radius 3 is 2.52 bits per heavy atom. The number of alkyl carbamates (subject to hydrolysis) is 1. The monoisotopic (exact) mass is 368 g/mol. The summed E-state index contributed by atoms with van der Waals surface area (Å²) in [5.41, 5.74) is 0.366. The highest BCUT2D eigenvalue weighted by Crippen LogP contribution is 2.36. The first-order valence-corrected chi connectivity index (χ1v) is 9.40. The topological polar surface area (TPSA) is 89.2 Å². The fraction of sp³-hybridized carbons (Fsp3) is 0.571. The molecule has 0 saturated carbocycles. The molecule has 0 spiro atoms. The summed E-state index contributed by atoms with van der Waals surface area (Å²) in [6.45, 7) is 8.55. The van der Waals surface area contributed by atoms with Crippen molar-refractivity contribution < 1.29 is 9.53 Å². The number of nitriles is 2. The zero-order valence-electron chi connectivity index (χ0n) is 16.4. The van der Waals surface area contributed by atoms with Gasteiger partial charge in [0.1, 0.15) is 5.60 Å². The summed E-state index contributed by atoms with van der Waals surface area (Å²) in [6.07, 6.45) is 1.86.